The Balaban J connectivity index is 2.52. The van der Waals surface area contributed by atoms with Crippen LogP contribution in [0, 0.1) is 5.92 Å². The Morgan fingerprint density at radius 1 is 1.44 bits per heavy atom. The predicted molar refractivity (Wildman–Crippen MR) is 64.7 cm³/mol. The molecule has 0 bridgehead atoms. The third kappa shape index (κ3) is 4.03. The highest BCUT2D eigenvalue weighted by atomic mass is 32.2. The summed E-state index contributed by atoms with van der Waals surface area (Å²) >= 11 is 0. The van der Waals surface area contributed by atoms with E-state index in [1.165, 1.54) is 0 Å². The van der Waals surface area contributed by atoms with Gasteiger partial charge in [0.25, 0.3) is 0 Å². The van der Waals surface area contributed by atoms with Crippen LogP contribution in [0.25, 0.3) is 0 Å². The quantitative estimate of drug-likeness (QED) is 0.770. The molecule has 96 valence electrons. The SMILES string of the molecule is CCCCS(=O)(=O)N1CCCC(CCO)C1. The van der Waals surface area contributed by atoms with Crippen molar-refractivity contribution in [2.45, 2.75) is 39.0 Å². The fraction of sp³-hybridized carbons (Fsp3) is 1.00. The first kappa shape index (κ1) is 13.9. The molecular weight excluding hydrogens is 226 g/mol. The molecule has 1 rings (SSSR count). The van der Waals surface area contributed by atoms with Crippen LogP contribution in [0.3, 0.4) is 0 Å². The van der Waals surface area contributed by atoms with E-state index < -0.39 is 10.0 Å². The topological polar surface area (TPSA) is 57.6 Å². The Morgan fingerprint density at radius 2 is 2.19 bits per heavy atom. The lowest BCUT2D eigenvalue weighted by Gasteiger charge is -2.31. The lowest BCUT2D eigenvalue weighted by molar-refractivity contribution is 0.203. The van der Waals surface area contributed by atoms with Gasteiger partial charge in [-0.2, -0.15) is 0 Å². The van der Waals surface area contributed by atoms with Gasteiger partial charge in [-0.25, -0.2) is 12.7 Å². The molecule has 1 heterocycles. The number of aliphatic hydroxyl groups is 1. The first-order valence-electron chi connectivity index (χ1n) is 6.19. The smallest absolute Gasteiger partial charge is 0.214 e. The summed E-state index contributed by atoms with van der Waals surface area (Å²) in [5, 5.41) is 8.88. The van der Waals surface area contributed by atoms with E-state index in [4.69, 9.17) is 5.11 Å². The van der Waals surface area contributed by atoms with E-state index in [0.717, 1.165) is 32.1 Å². The molecule has 0 radical (unpaired) electrons. The van der Waals surface area contributed by atoms with Gasteiger partial charge in [-0.1, -0.05) is 13.3 Å². The molecule has 1 saturated heterocycles. The summed E-state index contributed by atoms with van der Waals surface area (Å²) in [6.07, 6.45) is 4.34. The lowest BCUT2D eigenvalue weighted by atomic mass is 9.97. The van der Waals surface area contributed by atoms with Crippen molar-refractivity contribution in [2.75, 3.05) is 25.4 Å². The van der Waals surface area contributed by atoms with Gasteiger partial charge in [0, 0.05) is 19.7 Å². The molecule has 0 amide bonds. The molecule has 5 heteroatoms. The average molecular weight is 249 g/mol. The maximum Gasteiger partial charge on any atom is 0.214 e. The molecule has 1 unspecified atom stereocenters. The molecule has 0 aliphatic carbocycles. The van der Waals surface area contributed by atoms with E-state index in [2.05, 4.69) is 0 Å². The standard InChI is InChI=1S/C11H23NO3S/c1-2-3-9-16(14,15)12-7-4-5-11(10-12)6-8-13/h11,13H,2-10H2,1H3. The largest absolute Gasteiger partial charge is 0.396 e. The van der Waals surface area contributed by atoms with Gasteiger partial charge in [0.1, 0.15) is 0 Å². The summed E-state index contributed by atoms with van der Waals surface area (Å²) in [5.74, 6) is 0.616. The van der Waals surface area contributed by atoms with Crippen LogP contribution in [0.5, 0.6) is 0 Å². The van der Waals surface area contributed by atoms with E-state index >= 15 is 0 Å². The molecular formula is C11H23NO3S. The highest BCUT2D eigenvalue weighted by Gasteiger charge is 2.27. The fourth-order valence-corrected chi connectivity index (χ4v) is 3.91. The van der Waals surface area contributed by atoms with Crippen LogP contribution in [0.1, 0.15) is 39.0 Å². The van der Waals surface area contributed by atoms with Crippen LogP contribution in [-0.4, -0.2) is 43.3 Å². The number of piperidine rings is 1. The van der Waals surface area contributed by atoms with Crippen LogP contribution in [0.4, 0.5) is 0 Å². The van der Waals surface area contributed by atoms with Crippen LogP contribution in [-0.2, 0) is 10.0 Å². The minimum Gasteiger partial charge on any atom is -0.396 e. The van der Waals surface area contributed by atoms with Crippen molar-refractivity contribution >= 4 is 10.0 Å². The van der Waals surface area contributed by atoms with E-state index in [9.17, 15) is 8.42 Å². The van der Waals surface area contributed by atoms with Crippen LogP contribution in [0.15, 0.2) is 0 Å². The highest BCUT2D eigenvalue weighted by molar-refractivity contribution is 7.89. The zero-order chi connectivity index (χ0) is 12.0. The van der Waals surface area contributed by atoms with Crippen LogP contribution < -0.4 is 0 Å². The van der Waals surface area contributed by atoms with Crippen molar-refractivity contribution in [1.29, 1.82) is 0 Å². The third-order valence-electron chi connectivity index (χ3n) is 3.17. The molecule has 0 aromatic heterocycles. The zero-order valence-electron chi connectivity index (χ0n) is 10.1. The van der Waals surface area contributed by atoms with Crippen molar-refractivity contribution < 1.29 is 13.5 Å². The summed E-state index contributed by atoms with van der Waals surface area (Å²) in [4.78, 5) is 0. The van der Waals surface area contributed by atoms with E-state index in [1.807, 2.05) is 6.92 Å². The molecule has 16 heavy (non-hydrogen) atoms. The minimum atomic E-state index is -3.05. The molecule has 1 aliphatic heterocycles. The monoisotopic (exact) mass is 249 g/mol. The average Bonchev–Trinajstić information content (AvgIpc) is 2.27. The summed E-state index contributed by atoms with van der Waals surface area (Å²) in [7, 11) is -3.05. The van der Waals surface area contributed by atoms with Gasteiger partial charge in [-0.3, -0.25) is 0 Å². The van der Waals surface area contributed by atoms with E-state index in [-0.39, 0.29) is 12.4 Å². The first-order valence-corrected chi connectivity index (χ1v) is 7.79. The Bertz CT molecular complexity index is 288. The molecule has 1 aliphatic rings. The Morgan fingerprint density at radius 3 is 2.81 bits per heavy atom. The Hall–Kier alpha value is -0.130. The number of sulfonamides is 1. The molecule has 0 saturated carbocycles. The van der Waals surface area contributed by atoms with Gasteiger partial charge >= 0.3 is 0 Å². The molecule has 0 aromatic carbocycles. The molecule has 1 atom stereocenters. The second-order valence-electron chi connectivity index (χ2n) is 4.55. The summed E-state index contributed by atoms with van der Waals surface area (Å²) in [5.41, 5.74) is 0. The number of hydrogen-bond acceptors (Lipinski definition) is 3. The highest BCUT2D eigenvalue weighted by Crippen LogP contribution is 2.22. The minimum absolute atomic E-state index is 0.160. The van der Waals surface area contributed by atoms with Crippen molar-refractivity contribution in [3.8, 4) is 0 Å². The van der Waals surface area contributed by atoms with Crippen molar-refractivity contribution in [3.05, 3.63) is 0 Å². The first-order chi connectivity index (χ1) is 7.60. The zero-order valence-corrected chi connectivity index (χ0v) is 10.9. The van der Waals surface area contributed by atoms with Crippen molar-refractivity contribution in [3.63, 3.8) is 0 Å². The number of aliphatic hydroxyl groups excluding tert-OH is 1. The van der Waals surface area contributed by atoms with Crippen LogP contribution >= 0.6 is 0 Å². The maximum atomic E-state index is 12.0. The van der Waals surface area contributed by atoms with Gasteiger partial charge in [-0.05, 0) is 31.6 Å². The summed E-state index contributed by atoms with van der Waals surface area (Å²) in [6, 6.07) is 0. The molecule has 0 spiro atoms. The molecule has 1 N–H and O–H groups in total. The van der Waals surface area contributed by atoms with Crippen molar-refractivity contribution in [1.82, 2.24) is 4.31 Å². The van der Waals surface area contributed by atoms with Gasteiger partial charge in [0.2, 0.25) is 10.0 Å². The van der Waals surface area contributed by atoms with Crippen molar-refractivity contribution in [2.24, 2.45) is 5.92 Å². The molecule has 4 nitrogen and oxygen atoms in total. The second kappa shape index (κ2) is 6.57. The summed E-state index contributed by atoms with van der Waals surface area (Å²) < 4.78 is 25.5. The maximum absolute atomic E-state index is 12.0. The Kier molecular flexibility index (Phi) is 5.72. The number of rotatable bonds is 6. The van der Waals surface area contributed by atoms with E-state index in [0.29, 0.717) is 19.0 Å². The van der Waals surface area contributed by atoms with Crippen LogP contribution in [0.2, 0.25) is 0 Å². The van der Waals surface area contributed by atoms with Gasteiger partial charge in [-0.15, -0.1) is 0 Å². The number of nitrogens with zero attached hydrogens (tertiary/aromatic N) is 1. The third-order valence-corrected chi connectivity index (χ3v) is 5.09. The number of hydrogen-bond donors (Lipinski definition) is 1. The lowest BCUT2D eigenvalue weighted by Crippen LogP contribution is -2.41. The second-order valence-corrected chi connectivity index (χ2v) is 6.64. The van der Waals surface area contributed by atoms with Gasteiger partial charge < -0.3 is 5.11 Å². The van der Waals surface area contributed by atoms with Gasteiger partial charge in [0.05, 0.1) is 5.75 Å². The Labute approximate surface area is 98.7 Å². The molecule has 1 fully saturated rings. The van der Waals surface area contributed by atoms with E-state index in [1.54, 1.807) is 4.31 Å². The molecule has 0 aromatic rings. The van der Waals surface area contributed by atoms with Gasteiger partial charge in [0.15, 0.2) is 0 Å². The normalized spacial score (nSPS) is 23.5. The number of unbranched alkanes of at least 4 members (excludes halogenated alkanes) is 1. The predicted octanol–water partition coefficient (Wildman–Crippen LogP) is 1.21. The summed E-state index contributed by atoms with van der Waals surface area (Å²) in [6.45, 7) is 3.42. The fourth-order valence-electron chi connectivity index (χ4n) is 2.15.